The molecule has 0 aliphatic carbocycles. The third kappa shape index (κ3) is 2.19. The lowest BCUT2D eigenvalue weighted by molar-refractivity contribution is -0.133. The Labute approximate surface area is 101 Å². The summed E-state index contributed by atoms with van der Waals surface area (Å²) in [6, 6.07) is 1.80. The highest BCUT2D eigenvalue weighted by Crippen LogP contribution is 2.16. The Balaban J connectivity index is 2.49. The summed E-state index contributed by atoms with van der Waals surface area (Å²) in [7, 11) is 1.79. The van der Waals surface area contributed by atoms with Crippen LogP contribution in [0.1, 0.15) is 5.69 Å². The maximum absolute atomic E-state index is 11.8. The Hall–Kier alpha value is -1.76. The minimum absolute atomic E-state index is 0.125. The highest BCUT2D eigenvalue weighted by Gasteiger charge is 2.10. The second-order valence-electron chi connectivity index (χ2n) is 3.63. The van der Waals surface area contributed by atoms with Crippen molar-refractivity contribution in [1.82, 2.24) is 14.5 Å². The fraction of sp³-hybridized carbons (Fsp3) is 0.300. The van der Waals surface area contributed by atoms with Gasteiger partial charge in [0, 0.05) is 12.7 Å². The molecule has 2 heterocycles. The van der Waals surface area contributed by atoms with Crippen LogP contribution in [-0.2, 0) is 11.8 Å². The molecule has 90 valence electrons. The van der Waals surface area contributed by atoms with E-state index in [1.807, 2.05) is 6.92 Å². The van der Waals surface area contributed by atoms with Gasteiger partial charge in [0.25, 0.3) is 5.56 Å². The summed E-state index contributed by atoms with van der Waals surface area (Å²) in [6.07, 6.45) is 0. The van der Waals surface area contributed by atoms with Crippen molar-refractivity contribution < 1.29 is 9.90 Å². The number of nitrogens with one attached hydrogen (secondary N) is 1. The Morgan fingerprint density at radius 2 is 2.35 bits per heavy atom. The Bertz CT molecular complexity index is 644. The first-order chi connectivity index (χ1) is 7.99. The molecule has 0 atom stereocenters. The molecule has 0 unspecified atom stereocenters. The topological polar surface area (TPSA) is 88.0 Å². The Morgan fingerprint density at radius 3 is 3.00 bits per heavy atom. The zero-order chi connectivity index (χ0) is 12.6. The molecule has 0 aromatic carbocycles. The van der Waals surface area contributed by atoms with Gasteiger partial charge in [-0.05, 0) is 13.0 Å². The van der Waals surface area contributed by atoms with E-state index in [1.54, 1.807) is 17.7 Å². The summed E-state index contributed by atoms with van der Waals surface area (Å²) in [6.45, 7) is 1.88. The quantitative estimate of drug-likeness (QED) is 0.622. The lowest BCUT2D eigenvalue weighted by atomic mass is 10.4. The van der Waals surface area contributed by atoms with Crippen LogP contribution in [0.4, 0.5) is 0 Å². The van der Waals surface area contributed by atoms with Gasteiger partial charge in [-0.15, -0.1) is 0 Å². The average molecular weight is 253 g/mol. The molecule has 6 nitrogen and oxygen atoms in total. The number of carboxylic acid groups (broad SMARTS) is 1. The van der Waals surface area contributed by atoms with Gasteiger partial charge in [0.05, 0.1) is 11.3 Å². The smallest absolute Gasteiger partial charge is 0.313 e. The number of H-pyrrole nitrogens is 1. The van der Waals surface area contributed by atoms with E-state index in [1.165, 1.54) is 0 Å². The van der Waals surface area contributed by atoms with Crippen molar-refractivity contribution in [3.8, 4) is 0 Å². The largest absolute Gasteiger partial charge is 0.481 e. The van der Waals surface area contributed by atoms with Gasteiger partial charge >= 0.3 is 5.97 Å². The molecule has 0 saturated carbocycles. The molecule has 0 spiro atoms. The average Bonchev–Trinajstić information content (AvgIpc) is 2.52. The first-order valence-corrected chi connectivity index (χ1v) is 5.88. The number of aliphatic carboxylic acids is 1. The van der Waals surface area contributed by atoms with E-state index in [4.69, 9.17) is 5.11 Å². The molecule has 0 radical (unpaired) electrons. The molecule has 2 aromatic heterocycles. The zero-order valence-electron chi connectivity index (χ0n) is 9.35. The number of carbonyl (C=O) groups is 1. The van der Waals surface area contributed by atoms with Gasteiger partial charge < -0.3 is 9.67 Å². The number of thioether (sulfide) groups is 1. The summed E-state index contributed by atoms with van der Waals surface area (Å²) < 4.78 is 1.76. The Kier molecular flexibility index (Phi) is 2.93. The highest BCUT2D eigenvalue weighted by atomic mass is 32.2. The first-order valence-electron chi connectivity index (χ1n) is 4.90. The second-order valence-corrected chi connectivity index (χ2v) is 4.60. The molecule has 2 rings (SSSR count). The monoisotopic (exact) mass is 253 g/mol. The minimum atomic E-state index is -0.943. The summed E-state index contributed by atoms with van der Waals surface area (Å²) in [5.41, 5.74) is 1.76. The van der Waals surface area contributed by atoms with Crippen LogP contribution >= 0.6 is 11.8 Å². The van der Waals surface area contributed by atoms with E-state index in [-0.39, 0.29) is 11.3 Å². The molecule has 17 heavy (non-hydrogen) atoms. The third-order valence-corrected chi connectivity index (χ3v) is 3.30. The third-order valence-electron chi connectivity index (χ3n) is 2.44. The number of nitrogens with zero attached hydrogens (tertiary/aromatic N) is 2. The maximum atomic E-state index is 11.8. The molecule has 0 saturated heterocycles. The van der Waals surface area contributed by atoms with Crippen molar-refractivity contribution in [3.05, 3.63) is 22.1 Å². The number of aryl methyl sites for hydroxylation is 2. The highest BCUT2D eigenvalue weighted by molar-refractivity contribution is 7.99. The van der Waals surface area contributed by atoms with Crippen molar-refractivity contribution in [2.45, 2.75) is 12.1 Å². The van der Waals surface area contributed by atoms with Gasteiger partial charge in [0.2, 0.25) is 0 Å². The minimum Gasteiger partial charge on any atom is -0.481 e. The first kappa shape index (κ1) is 11.7. The van der Waals surface area contributed by atoms with E-state index >= 15 is 0 Å². The van der Waals surface area contributed by atoms with Crippen molar-refractivity contribution in [1.29, 1.82) is 0 Å². The summed E-state index contributed by atoms with van der Waals surface area (Å²) in [5, 5.41) is 8.89. The predicted molar refractivity (Wildman–Crippen MR) is 64.4 cm³/mol. The van der Waals surface area contributed by atoms with Crippen molar-refractivity contribution >= 4 is 28.8 Å². The number of carboxylic acids is 1. The maximum Gasteiger partial charge on any atom is 0.313 e. The fourth-order valence-electron chi connectivity index (χ4n) is 1.56. The van der Waals surface area contributed by atoms with Gasteiger partial charge in [0.15, 0.2) is 5.16 Å². The zero-order valence-corrected chi connectivity index (χ0v) is 10.2. The van der Waals surface area contributed by atoms with Crippen LogP contribution in [0, 0.1) is 6.92 Å². The van der Waals surface area contributed by atoms with E-state index in [9.17, 15) is 9.59 Å². The van der Waals surface area contributed by atoms with Crippen LogP contribution in [0.2, 0.25) is 0 Å². The Morgan fingerprint density at radius 1 is 1.65 bits per heavy atom. The van der Waals surface area contributed by atoms with Crippen molar-refractivity contribution in [2.75, 3.05) is 5.75 Å². The normalized spacial score (nSPS) is 10.9. The number of aromatic amines is 1. The number of rotatable bonds is 3. The van der Waals surface area contributed by atoms with Gasteiger partial charge in [-0.2, -0.15) is 0 Å². The molecule has 0 aliphatic rings. The summed E-state index contributed by atoms with van der Waals surface area (Å²) in [4.78, 5) is 29.0. The van der Waals surface area contributed by atoms with Crippen LogP contribution in [0.3, 0.4) is 0 Å². The van der Waals surface area contributed by atoms with E-state index in [0.29, 0.717) is 16.2 Å². The van der Waals surface area contributed by atoms with E-state index in [0.717, 1.165) is 17.5 Å². The lowest BCUT2D eigenvalue weighted by Crippen LogP contribution is -2.12. The molecule has 0 bridgehead atoms. The fourth-order valence-corrected chi connectivity index (χ4v) is 2.15. The van der Waals surface area contributed by atoms with Gasteiger partial charge in [-0.25, -0.2) is 4.98 Å². The van der Waals surface area contributed by atoms with Gasteiger partial charge in [-0.1, -0.05) is 11.8 Å². The number of hydrogen-bond acceptors (Lipinski definition) is 4. The SMILES string of the molecule is Cc1cc2nc(SCC(=O)O)[nH]c(=O)c2n1C. The molecule has 7 heteroatoms. The molecule has 0 amide bonds. The standard InChI is InChI=1S/C10H11N3O3S/c1-5-3-6-8(13(5)2)9(16)12-10(11-6)17-4-7(14)15/h3H,4H2,1-2H3,(H,14,15)(H,11,12,16). The van der Waals surface area contributed by atoms with Gasteiger partial charge in [0.1, 0.15) is 5.52 Å². The molecule has 2 aromatic rings. The number of hydrogen-bond donors (Lipinski definition) is 2. The van der Waals surface area contributed by atoms with E-state index < -0.39 is 5.97 Å². The summed E-state index contributed by atoms with van der Waals surface area (Å²) >= 11 is 0.997. The van der Waals surface area contributed by atoms with Crippen LogP contribution < -0.4 is 5.56 Å². The lowest BCUT2D eigenvalue weighted by Gasteiger charge is -2.00. The van der Waals surface area contributed by atoms with Crippen LogP contribution in [0.25, 0.3) is 11.0 Å². The predicted octanol–water partition coefficient (Wildman–Crippen LogP) is 0.747. The summed E-state index contributed by atoms with van der Waals surface area (Å²) in [5.74, 6) is -1.07. The molecular formula is C10H11N3O3S. The molecular weight excluding hydrogens is 242 g/mol. The molecule has 0 aliphatic heterocycles. The molecule has 0 fully saturated rings. The molecule has 2 N–H and O–H groups in total. The number of aromatic nitrogens is 3. The number of fused-ring (bicyclic) bond motifs is 1. The second kappa shape index (κ2) is 4.25. The van der Waals surface area contributed by atoms with Crippen LogP contribution in [0.5, 0.6) is 0 Å². The van der Waals surface area contributed by atoms with Gasteiger partial charge in [-0.3, -0.25) is 14.6 Å². The van der Waals surface area contributed by atoms with Crippen LogP contribution in [-0.4, -0.2) is 31.4 Å². The van der Waals surface area contributed by atoms with E-state index in [2.05, 4.69) is 9.97 Å². The van der Waals surface area contributed by atoms with Crippen LogP contribution in [0.15, 0.2) is 16.0 Å². The van der Waals surface area contributed by atoms with Crippen molar-refractivity contribution in [2.24, 2.45) is 7.05 Å². The van der Waals surface area contributed by atoms with Crippen molar-refractivity contribution in [3.63, 3.8) is 0 Å².